The first-order chi connectivity index (χ1) is 11.0. The van der Waals surface area contributed by atoms with Crippen molar-refractivity contribution in [1.29, 1.82) is 0 Å². The Labute approximate surface area is 142 Å². The molecule has 0 fully saturated rings. The fraction of sp³-hybridized carbons (Fsp3) is 0.421. The van der Waals surface area contributed by atoms with E-state index in [-0.39, 0.29) is 17.5 Å². The van der Waals surface area contributed by atoms with Crippen LogP contribution < -0.4 is 5.32 Å². The molecular formula is C19H25N2OS+. The van der Waals surface area contributed by atoms with Gasteiger partial charge in [-0.2, -0.15) is 0 Å². The van der Waals surface area contributed by atoms with E-state index in [0.29, 0.717) is 6.54 Å². The second kappa shape index (κ2) is 6.46. The van der Waals surface area contributed by atoms with Crippen LogP contribution in [0.3, 0.4) is 0 Å². The number of hydrogen-bond acceptors (Lipinski definition) is 2. The van der Waals surface area contributed by atoms with Gasteiger partial charge in [-0.15, -0.1) is 11.3 Å². The number of carbonyl (C=O) groups excluding carboxylic acids is 1. The molecule has 4 heteroatoms. The van der Waals surface area contributed by atoms with Gasteiger partial charge in [-0.05, 0) is 49.8 Å². The van der Waals surface area contributed by atoms with Crippen molar-refractivity contribution in [2.75, 3.05) is 13.1 Å². The van der Waals surface area contributed by atoms with Crippen LogP contribution in [-0.2, 0) is 11.2 Å². The first-order valence-corrected chi connectivity index (χ1v) is 9.09. The summed E-state index contributed by atoms with van der Waals surface area (Å²) in [5, 5.41) is 4.27. The molecule has 0 unspecified atom stereocenters. The van der Waals surface area contributed by atoms with Gasteiger partial charge in [0.25, 0.3) is 5.91 Å². The Morgan fingerprint density at radius 2 is 2.00 bits per heavy atom. The molecule has 1 aliphatic rings. The molecule has 0 radical (unpaired) electrons. The molecule has 3 nitrogen and oxygen atoms in total. The zero-order valence-corrected chi connectivity index (χ0v) is 14.9. The summed E-state index contributed by atoms with van der Waals surface area (Å²) in [4.78, 5) is 16.3. The van der Waals surface area contributed by atoms with Gasteiger partial charge in [0.2, 0.25) is 0 Å². The van der Waals surface area contributed by atoms with E-state index < -0.39 is 0 Å². The predicted molar refractivity (Wildman–Crippen MR) is 94.6 cm³/mol. The van der Waals surface area contributed by atoms with E-state index in [9.17, 15) is 4.79 Å². The molecule has 0 saturated heterocycles. The highest BCUT2D eigenvalue weighted by Crippen LogP contribution is 2.37. The van der Waals surface area contributed by atoms with Crippen molar-refractivity contribution >= 4 is 17.2 Å². The third-order valence-corrected chi connectivity index (χ3v) is 5.29. The topological polar surface area (TPSA) is 36.9 Å². The van der Waals surface area contributed by atoms with E-state index in [1.165, 1.54) is 16.0 Å². The summed E-state index contributed by atoms with van der Waals surface area (Å²) in [7, 11) is 0. The van der Waals surface area contributed by atoms with Gasteiger partial charge in [0.1, 0.15) is 0 Å². The Kier molecular flexibility index (Phi) is 4.55. The van der Waals surface area contributed by atoms with E-state index in [2.05, 4.69) is 66.7 Å². The normalized spacial score (nSPS) is 17.9. The number of nitrogens with two attached hydrogens (primary N) is 1. The van der Waals surface area contributed by atoms with Crippen molar-refractivity contribution in [3.63, 3.8) is 0 Å². The van der Waals surface area contributed by atoms with Gasteiger partial charge >= 0.3 is 0 Å². The van der Waals surface area contributed by atoms with Gasteiger partial charge < -0.3 is 10.2 Å². The summed E-state index contributed by atoms with van der Waals surface area (Å²) in [5.74, 6) is 0.227. The number of rotatable bonds is 3. The monoisotopic (exact) mass is 329 g/mol. The second-order valence-electron chi connectivity index (χ2n) is 7.22. The van der Waals surface area contributed by atoms with Crippen molar-refractivity contribution in [3.05, 3.63) is 57.8 Å². The van der Waals surface area contributed by atoms with Crippen LogP contribution in [0.25, 0.3) is 0 Å². The predicted octanol–water partition coefficient (Wildman–Crippen LogP) is 2.58. The van der Waals surface area contributed by atoms with Crippen LogP contribution in [0.5, 0.6) is 0 Å². The van der Waals surface area contributed by atoms with Crippen molar-refractivity contribution in [2.45, 2.75) is 38.8 Å². The summed E-state index contributed by atoms with van der Waals surface area (Å²) in [5.41, 5.74) is 2.58. The third kappa shape index (κ3) is 3.65. The lowest BCUT2D eigenvalue weighted by Gasteiger charge is -2.36. The van der Waals surface area contributed by atoms with Crippen molar-refractivity contribution < 1.29 is 10.1 Å². The molecule has 0 spiro atoms. The fourth-order valence-corrected chi connectivity index (χ4v) is 3.99. The third-order valence-electron chi connectivity index (χ3n) is 4.29. The summed E-state index contributed by atoms with van der Waals surface area (Å²) in [6.07, 6.45) is 0.970. The maximum atomic E-state index is 12.9. The van der Waals surface area contributed by atoms with Gasteiger partial charge in [-0.25, -0.2) is 0 Å². The van der Waals surface area contributed by atoms with Gasteiger partial charge in [0, 0.05) is 11.4 Å². The lowest BCUT2D eigenvalue weighted by Crippen LogP contribution is -2.96. The van der Waals surface area contributed by atoms with Crippen LogP contribution in [0.1, 0.15) is 42.8 Å². The molecule has 23 heavy (non-hydrogen) atoms. The van der Waals surface area contributed by atoms with Crippen LogP contribution in [0.2, 0.25) is 0 Å². The first kappa shape index (κ1) is 16.2. The average molecular weight is 329 g/mol. The minimum absolute atomic E-state index is 0.0621. The molecule has 1 aliphatic heterocycles. The highest BCUT2D eigenvalue weighted by atomic mass is 32.1. The standard InChI is InChI=1S/C19H24N2OS/c1-19(2,3)20-13-17(22)21-11-9-16-15(10-12-23-16)18(21)14-7-5-4-6-8-14/h4-8,10,12,18,20H,9,11,13H2,1-3H3/p+1/t18-/m1/s1. The molecule has 1 aromatic heterocycles. The smallest absolute Gasteiger partial charge is 0.278 e. The van der Waals surface area contributed by atoms with E-state index in [1.54, 1.807) is 0 Å². The molecule has 0 bridgehead atoms. The van der Waals surface area contributed by atoms with E-state index in [4.69, 9.17) is 0 Å². The van der Waals surface area contributed by atoms with Crippen molar-refractivity contribution in [3.8, 4) is 0 Å². The zero-order valence-electron chi connectivity index (χ0n) is 14.1. The van der Waals surface area contributed by atoms with Crippen LogP contribution >= 0.6 is 11.3 Å². The Morgan fingerprint density at radius 1 is 1.26 bits per heavy atom. The Hall–Kier alpha value is -1.65. The molecule has 0 aliphatic carbocycles. The molecule has 1 aromatic carbocycles. The number of benzene rings is 1. The van der Waals surface area contributed by atoms with E-state index in [0.717, 1.165) is 13.0 Å². The number of fused-ring (bicyclic) bond motifs is 1. The number of nitrogens with zero attached hydrogens (tertiary/aromatic N) is 1. The quantitative estimate of drug-likeness (QED) is 0.923. The SMILES string of the molecule is CC(C)(C)[NH2+]CC(=O)N1CCc2sccc2[C@H]1c1ccccc1. The lowest BCUT2D eigenvalue weighted by atomic mass is 9.93. The largest absolute Gasteiger partial charge is 0.334 e. The summed E-state index contributed by atoms with van der Waals surface area (Å²) in [6, 6.07) is 12.6. The highest BCUT2D eigenvalue weighted by Gasteiger charge is 2.33. The van der Waals surface area contributed by atoms with Crippen molar-refractivity contribution in [2.24, 2.45) is 0 Å². The Bertz CT molecular complexity index is 672. The Morgan fingerprint density at radius 3 is 2.70 bits per heavy atom. The minimum Gasteiger partial charge on any atom is -0.334 e. The van der Waals surface area contributed by atoms with E-state index >= 15 is 0 Å². The average Bonchev–Trinajstić information content (AvgIpc) is 3.00. The fourth-order valence-electron chi connectivity index (χ4n) is 3.09. The summed E-state index contributed by atoms with van der Waals surface area (Å²) < 4.78 is 0. The first-order valence-electron chi connectivity index (χ1n) is 8.21. The Balaban J connectivity index is 1.88. The molecule has 3 rings (SSSR count). The number of quaternary nitrogens is 1. The summed E-state index contributed by atoms with van der Waals surface area (Å²) in [6.45, 7) is 7.74. The maximum absolute atomic E-state index is 12.9. The molecule has 122 valence electrons. The molecule has 2 aromatic rings. The molecule has 2 N–H and O–H groups in total. The number of thiophene rings is 1. The highest BCUT2D eigenvalue weighted by molar-refractivity contribution is 7.10. The minimum atomic E-state index is 0.0621. The van der Waals surface area contributed by atoms with Gasteiger partial charge in [0.05, 0.1) is 11.6 Å². The van der Waals surface area contributed by atoms with Gasteiger partial charge in [-0.1, -0.05) is 30.3 Å². The number of amides is 1. The molecule has 0 saturated carbocycles. The number of hydrogen-bond donors (Lipinski definition) is 1. The molecule has 1 amide bonds. The van der Waals surface area contributed by atoms with Crippen LogP contribution in [0.4, 0.5) is 0 Å². The van der Waals surface area contributed by atoms with Crippen LogP contribution in [0, 0.1) is 0 Å². The molecule has 1 atom stereocenters. The number of carbonyl (C=O) groups is 1. The lowest BCUT2D eigenvalue weighted by molar-refractivity contribution is -0.707. The zero-order chi connectivity index (χ0) is 16.4. The molecular weight excluding hydrogens is 304 g/mol. The van der Waals surface area contributed by atoms with Crippen LogP contribution in [0.15, 0.2) is 41.8 Å². The second-order valence-corrected chi connectivity index (χ2v) is 8.22. The summed E-state index contributed by atoms with van der Waals surface area (Å²) >= 11 is 1.81. The van der Waals surface area contributed by atoms with Gasteiger partial charge in [0.15, 0.2) is 6.54 Å². The maximum Gasteiger partial charge on any atom is 0.278 e. The van der Waals surface area contributed by atoms with Gasteiger partial charge in [-0.3, -0.25) is 4.79 Å². The van der Waals surface area contributed by atoms with Crippen LogP contribution in [-0.4, -0.2) is 29.4 Å². The van der Waals surface area contributed by atoms with Crippen molar-refractivity contribution in [1.82, 2.24) is 4.90 Å². The molecule has 2 heterocycles. The van der Waals surface area contributed by atoms with E-state index in [1.807, 2.05) is 17.4 Å².